The highest BCUT2D eigenvalue weighted by atomic mass is 35.5. The van der Waals surface area contributed by atoms with Gasteiger partial charge >= 0.3 is 0 Å². The van der Waals surface area contributed by atoms with Gasteiger partial charge in [0.15, 0.2) is 0 Å². The minimum atomic E-state index is -1.18. The highest BCUT2D eigenvalue weighted by molar-refractivity contribution is 6.71. The molecule has 0 amide bonds. The first-order chi connectivity index (χ1) is 7.29. The summed E-state index contributed by atoms with van der Waals surface area (Å²) in [5, 5.41) is -3.75. The predicted octanol–water partition coefficient (Wildman–Crippen LogP) is 1.53. The van der Waals surface area contributed by atoms with Gasteiger partial charge < -0.3 is 0 Å². The minimum Gasteiger partial charge on any atom is -0.281 e. The third-order valence-electron chi connectivity index (χ3n) is 2.60. The van der Waals surface area contributed by atoms with Crippen LogP contribution in [0.25, 0.3) is 0 Å². The van der Waals surface area contributed by atoms with E-state index in [0.717, 1.165) is 0 Å². The second kappa shape index (κ2) is 5.00. The van der Waals surface area contributed by atoms with E-state index in [1.54, 1.807) is 0 Å². The Bertz CT molecular complexity index is 300. The molecule has 1 aliphatic carbocycles. The standard InChI is InChI=1S/C8H4Cl4O4/c9-5(13)1-2(6(10)14)4(8(12)16)3(1)7(11)15/h1-4H. The first kappa shape index (κ1) is 13.9. The summed E-state index contributed by atoms with van der Waals surface area (Å²) in [6, 6.07) is 0. The van der Waals surface area contributed by atoms with Crippen molar-refractivity contribution < 1.29 is 19.2 Å². The Morgan fingerprint density at radius 1 is 0.500 bits per heavy atom. The normalized spacial score (nSPS) is 32.8. The van der Waals surface area contributed by atoms with E-state index in [1.807, 2.05) is 0 Å². The van der Waals surface area contributed by atoms with Gasteiger partial charge in [-0.1, -0.05) is 0 Å². The number of rotatable bonds is 4. The van der Waals surface area contributed by atoms with Crippen LogP contribution < -0.4 is 0 Å². The van der Waals surface area contributed by atoms with Gasteiger partial charge in [-0.25, -0.2) is 0 Å². The van der Waals surface area contributed by atoms with Gasteiger partial charge in [-0.2, -0.15) is 0 Å². The summed E-state index contributed by atoms with van der Waals surface area (Å²) in [5.41, 5.74) is 0. The van der Waals surface area contributed by atoms with Crippen LogP contribution in [-0.4, -0.2) is 21.0 Å². The van der Waals surface area contributed by atoms with Gasteiger partial charge in [0.25, 0.3) is 0 Å². The molecule has 1 rings (SSSR count). The Kier molecular flexibility index (Phi) is 4.35. The van der Waals surface area contributed by atoms with Gasteiger partial charge in [-0.3, -0.25) is 19.2 Å². The summed E-state index contributed by atoms with van der Waals surface area (Å²) in [7, 11) is 0. The lowest BCUT2D eigenvalue weighted by atomic mass is 9.58. The van der Waals surface area contributed by atoms with Crippen LogP contribution in [0.1, 0.15) is 0 Å². The van der Waals surface area contributed by atoms with Gasteiger partial charge in [-0.05, 0) is 46.4 Å². The van der Waals surface area contributed by atoms with Crippen LogP contribution in [0.15, 0.2) is 0 Å². The Labute approximate surface area is 110 Å². The third kappa shape index (κ3) is 2.25. The Hall–Kier alpha value is -0.160. The molecule has 0 heterocycles. The summed E-state index contributed by atoms with van der Waals surface area (Å²) in [5.74, 6) is -4.71. The van der Waals surface area contributed by atoms with Crippen molar-refractivity contribution in [3.63, 3.8) is 0 Å². The van der Waals surface area contributed by atoms with E-state index in [2.05, 4.69) is 0 Å². The molecule has 88 valence electrons. The summed E-state index contributed by atoms with van der Waals surface area (Å²) in [4.78, 5) is 44.1. The van der Waals surface area contributed by atoms with Crippen LogP contribution in [0.3, 0.4) is 0 Å². The lowest BCUT2D eigenvalue weighted by Gasteiger charge is -2.44. The molecular weight excluding hydrogens is 302 g/mol. The lowest BCUT2D eigenvalue weighted by molar-refractivity contribution is -0.153. The lowest BCUT2D eigenvalue weighted by Crippen LogP contribution is -2.56. The van der Waals surface area contributed by atoms with Crippen LogP contribution in [0.4, 0.5) is 0 Å². The van der Waals surface area contributed by atoms with Gasteiger partial charge in [0, 0.05) is 0 Å². The van der Waals surface area contributed by atoms with Crippen molar-refractivity contribution in [1.82, 2.24) is 0 Å². The number of carbonyl (C=O) groups excluding carboxylic acids is 4. The quantitative estimate of drug-likeness (QED) is 0.739. The van der Waals surface area contributed by atoms with Gasteiger partial charge in [0.1, 0.15) is 0 Å². The molecule has 8 heteroatoms. The summed E-state index contributed by atoms with van der Waals surface area (Å²) in [6.45, 7) is 0. The third-order valence-corrected chi connectivity index (χ3v) is 3.60. The number of hydrogen-bond donors (Lipinski definition) is 0. The molecule has 0 N–H and O–H groups in total. The molecule has 1 saturated carbocycles. The van der Waals surface area contributed by atoms with E-state index in [0.29, 0.717) is 0 Å². The van der Waals surface area contributed by atoms with Crippen LogP contribution in [0, 0.1) is 23.7 Å². The molecule has 0 saturated heterocycles. The Morgan fingerprint density at radius 3 is 0.688 bits per heavy atom. The van der Waals surface area contributed by atoms with Crippen molar-refractivity contribution in [3.05, 3.63) is 0 Å². The minimum absolute atomic E-state index is 0.938. The van der Waals surface area contributed by atoms with Crippen molar-refractivity contribution in [1.29, 1.82) is 0 Å². The Balaban J connectivity index is 3.08. The van der Waals surface area contributed by atoms with Crippen LogP contribution >= 0.6 is 46.4 Å². The first-order valence-corrected chi connectivity index (χ1v) is 5.57. The second-order valence-corrected chi connectivity index (χ2v) is 4.81. The molecule has 0 aliphatic heterocycles. The molecule has 1 aliphatic rings. The molecule has 1 fully saturated rings. The zero-order valence-corrected chi connectivity index (χ0v) is 10.5. The number of carbonyl (C=O) groups is 4. The van der Waals surface area contributed by atoms with E-state index in [-0.39, 0.29) is 0 Å². The predicted molar refractivity (Wildman–Crippen MR) is 57.4 cm³/mol. The highest BCUT2D eigenvalue weighted by Gasteiger charge is 2.61. The summed E-state index contributed by atoms with van der Waals surface area (Å²) < 4.78 is 0. The first-order valence-electron chi connectivity index (χ1n) is 4.06. The average Bonchev–Trinajstić information content (AvgIpc) is 1.97. The zero-order valence-electron chi connectivity index (χ0n) is 7.45. The van der Waals surface area contributed by atoms with E-state index >= 15 is 0 Å². The smallest absolute Gasteiger partial charge is 0.226 e. The maximum atomic E-state index is 11.0. The molecule has 0 bridgehead atoms. The van der Waals surface area contributed by atoms with Gasteiger partial charge in [0.05, 0.1) is 23.7 Å². The summed E-state index contributed by atoms with van der Waals surface area (Å²) >= 11 is 20.8. The van der Waals surface area contributed by atoms with Crippen LogP contribution in [-0.2, 0) is 19.2 Å². The van der Waals surface area contributed by atoms with Crippen molar-refractivity contribution >= 4 is 67.4 Å². The molecule has 16 heavy (non-hydrogen) atoms. The molecule has 0 aromatic rings. The van der Waals surface area contributed by atoms with E-state index < -0.39 is 44.6 Å². The zero-order chi connectivity index (χ0) is 12.6. The van der Waals surface area contributed by atoms with Crippen molar-refractivity contribution in [3.8, 4) is 0 Å². The fourth-order valence-electron chi connectivity index (χ4n) is 1.88. The van der Waals surface area contributed by atoms with Crippen LogP contribution in [0.2, 0.25) is 0 Å². The molecule has 0 radical (unpaired) electrons. The number of halogens is 4. The SMILES string of the molecule is O=C(Cl)C1C(C(=O)Cl)C(C(=O)Cl)C1C(=O)Cl. The molecule has 0 aromatic heterocycles. The van der Waals surface area contributed by atoms with E-state index in [1.165, 1.54) is 0 Å². The maximum Gasteiger partial charge on any atom is 0.226 e. The van der Waals surface area contributed by atoms with E-state index in [4.69, 9.17) is 46.4 Å². The number of hydrogen-bond acceptors (Lipinski definition) is 4. The molecule has 0 aromatic carbocycles. The fraction of sp³-hybridized carbons (Fsp3) is 0.500. The van der Waals surface area contributed by atoms with Crippen molar-refractivity contribution in [2.24, 2.45) is 23.7 Å². The molecule has 4 nitrogen and oxygen atoms in total. The molecular formula is C8H4Cl4O4. The largest absolute Gasteiger partial charge is 0.281 e. The van der Waals surface area contributed by atoms with E-state index in [9.17, 15) is 19.2 Å². The molecule has 0 unspecified atom stereocenters. The summed E-state index contributed by atoms with van der Waals surface area (Å²) in [6.07, 6.45) is 0. The van der Waals surface area contributed by atoms with Crippen molar-refractivity contribution in [2.75, 3.05) is 0 Å². The fourth-order valence-corrected chi connectivity index (χ4v) is 2.96. The van der Waals surface area contributed by atoms with Crippen LogP contribution in [0.5, 0.6) is 0 Å². The maximum absolute atomic E-state index is 11.0. The topological polar surface area (TPSA) is 68.3 Å². The average molecular weight is 306 g/mol. The Morgan fingerprint density at radius 2 is 0.625 bits per heavy atom. The van der Waals surface area contributed by atoms with Gasteiger partial charge in [0.2, 0.25) is 21.0 Å². The second-order valence-electron chi connectivity index (χ2n) is 3.32. The highest BCUT2D eigenvalue weighted by Crippen LogP contribution is 2.50. The van der Waals surface area contributed by atoms with Gasteiger partial charge in [-0.15, -0.1) is 0 Å². The molecule has 0 spiro atoms. The molecule has 0 atom stereocenters. The monoisotopic (exact) mass is 304 g/mol. The van der Waals surface area contributed by atoms with Crippen molar-refractivity contribution in [2.45, 2.75) is 0 Å².